The zero-order chi connectivity index (χ0) is 15.3. The van der Waals surface area contributed by atoms with E-state index in [4.69, 9.17) is 17.3 Å². The molecule has 0 fully saturated rings. The number of benzene rings is 2. The second-order valence-corrected chi connectivity index (χ2v) is 6.23. The Kier molecular flexibility index (Phi) is 4.86. The van der Waals surface area contributed by atoms with E-state index < -0.39 is 10.0 Å². The summed E-state index contributed by atoms with van der Waals surface area (Å²) < 4.78 is 27.1. The average molecular weight is 321 g/mol. The summed E-state index contributed by atoms with van der Waals surface area (Å²) in [6.45, 7) is 0.207. The topological polar surface area (TPSA) is 72.2 Å². The van der Waals surface area contributed by atoms with E-state index in [1.165, 1.54) is 24.3 Å². The highest BCUT2D eigenvalue weighted by Gasteiger charge is 2.15. The van der Waals surface area contributed by atoms with Gasteiger partial charge in [0.15, 0.2) is 0 Å². The van der Waals surface area contributed by atoms with Crippen molar-refractivity contribution in [1.82, 2.24) is 0 Å². The third kappa shape index (κ3) is 3.99. The van der Waals surface area contributed by atoms with Crippen molar-refractivity contribution in [2.45, 2.75) is 4.90 Å². The third-order valence-corrected chi connectivity index (χ3v) is 4.25. The molecule has 108 valence electrons. The molecule has 0 amide bonds. The Balaban J connectivity index is 2.35. The number of nitrogens with one attached hydrogen (secondary N) is 1. The van der Waals surface area contributed by atoms with Gasteiger partial charge in [-0.25, -0.2) is 8.42 Å². The van der Waals surface area contributed by atoms with Crippen LogP contribution in [0.5, 0.6) is 0 Å². The lowest BCUT2D eigenvalue weighted by Gasteiger charge is -2.09. The Morgan fingerprint density at radius 3 is 2.43 bits per heavy atom. The summed E-state index contributed by atoms with van der Waals surface area (Å²) in [4.78, 5) is 0.133. The van der Waals surface area contributed by atoms with Gasteiger partial charge in [-0.15, -0.1) is 0 Å². The predicted octanol–water partition coefficient (Wildman–Crippen LogP) is 2.45. The highest BCUT2D eigenvalue weighted by Crippen LogP contribution is 2.20. The first-order valence-corrected chi connectivity index (χ1v) is 7.95. The molecule has 6 heteroatoms. The van der Waals surface area contributed by atoms with Gasteiger partial charge in [-0.3, -0.25) is 4.72 Å². The molecule has 0 bridgehead atoms. The van der Waals surface area contributed by atoms with Gasteiger partial charge in [-0.2, -0.15) is 0 Å². The maximum absolute atomic E-state index is 12.3. The molecule has 3 N–H and O–H groups in total. The Bertz CT molecular complexity index is 790. The van der Waals surface area contributed by atoms with E-state index in [2.05, 4.69) is 16.6 Å². The van der Waals surface area contributed by atoms with E-state index in [0.29, 0.717) is 16.3 Å². The van der Waals surface area contributed by atoms with Gasteiger partial charge in [-0.05, 0) is 36.4 Å². The van der Waals surface area contributed by atoms with Crippen LogP contribution < -0.4 is 10.5 Å². The fourth-order valence-electron chi connectivity index (χ4n) is 1.64. The van der Waals surface area contributed by atoms with E-state index in [1.807, 2.05) is 0 Å². The zero-order valence-corrected chi connectivity index (χ0v) is 12.6. The van der Waals surface area contributed by atoms with Crippen LogP contribution in [0.3, 0.4) is 0 Å². The predicted molar refractivity (Wildman–Crippen MR) is 84.6 cm³/mol. The normalized spacial score (nSPS) is 10.6. The Morgan fingerprint density at radius 2 is 1.76 bits per heavy atom. The van der Waals surface area contributed by atoms with Crippen LogP contribution in [0.2, 0.25) is 5.02 Å². The van der Waals surface area contributed by atoms with Gasteiger partial charge >= 0.3 is 0 Å². The number of hydrogen-bond donors (Lipinski definition) is 2. The van der Waals surface area contributed by atoms with Crippen molar-refractivity contribution in [3.05, 3.63) is 59.1 Å². The van der Waals surface area contributed by atoms with Gasteiger partial charge < -0.3 is 5.73 Å². The van der Waals surface area contributed by atoms with Crippen molar-refractivity contribution in [1.29, 1.82) is 0 Å². The maximum atomic E-state index is 12.3. The summed E-state index contributed by atoms with van der Waals surface area (Å²) in [5.41, 5.74) is 6.31. The van der Waals surface area contributed by atoms with Crippen molar-refractivity contribution in [2.24, 2.45) is 5.73 Å². The smallest absolute Gasteiger partial charge is 0.261 e. The van der Waals surface area contributed by atoms with Gasteiger partial charge in [0, 0.05) is 10.6 Å². The second kappa shape index (κ2) is 6.64. The average Bonchev–Trinajstić information content (AvgIpc) is 2.46. The van der Waals surface area contributed by atoms with Gasteiger partial charge in [0.05, 0.1) is 17.1 Å². The van der Waals surface area contributed by atoms with Crippen molar-refractivity contribution in [2.75, 3.05) is 11.3 Å². The highest BCUT2D eigenvalue weighted by atomic mass is 35.5. The molecule has 4 nitrogen and oxygen atoms in total. The Hall–Kier alpha value is -2.00. The maximum Gasteiger partial charge on any atom is 0.261 e. The molecule has 2 rings (SSSR count). The van der Waals surface area contributed by atoms with Crippen LogP contribution in [0, 0.1) is 11.8 Å². The molecule has 21 heavy (non-hydrogen) atoms. The van der Waals surface area contributed by atoms with Crippen LogP contribution in [0.4, 0.5) is 5.69 Å². The minimum Gasteiger partial charge on any atom is -0.320 e. The molecule has 0 aromatic heterocycles. The molecule has 2 aromatic rings. The van der Waals surface area contributed by atoms with Gasteiger partial charge in [0.1, 0.15) is 0 Å². The monoisotopic (exact) mass is 320 g/mol. The number of hydrogen-bond acceptors (Lipinski definition) is 3. The van der Waals surface area contributed by atoms with Crippen molar-refractivity contribution >= 4 is 27.3 Å². The summed E-state index contributed by atoms with van der Waals surface area (Å²) in [7, 11) is -3.69. The lowest BCUT2D eigenvalue weighted by atomic mass is 10.2. The molecule has 0 unspecified atom stereocenters. The minimum absolute atomic E-state index is 0.133. The van der Waals surface area contributed by atoms with Crippen molar-refractivity contribution < 1.29 is 8.42 Å². The molecule has 0 aliphatic heterocycles. The van der Waals surface area contributed by atoms with E-state index in [9.17, 15) is 8.42 Å². The quantitative estimate of drug-likeness (QED) is 0.853. The van der Waals surface area contributed by atoms with Gasteiger partial charge in [0.2, 0.25) is 0 Å². The van der Waals surface area contributed by atoms with Crippen LogP contribution in [0.25, 0.3) is 0 Å². The largest absolute Gasteiger partial charge is 0.320 e. The van der Waals surface area contributed by atoms with Crippen LogP contribution in [0.15, 0.2) is 53.4 Å². The van der Waals surface area contributed by atoms with Crippen LogP contribution in [0.1, 0.15) is 5.56 Å². The number of rotatable bonds is 3. The highest BCUT2D eigenvalue weighted by molar-refractivity contribution is 7.92. The van der Waals surface area contributed by atoms with E-state index in [0.717, 1.165) is 0 Å². The summed E-state index contributed by atoms with van der Waals surface area (Å²) >= 11 is 5.76. The van der Waals surface area contributed by atoms with Gasteiger partial charge in [0.25, 0.3) is 10.0 Å². The van der Waals surface area contributed by atoms with Crippen LogP contribution >= 0.6 is 11.6 Å². The summed E-state index contributed by atoms with van der Waals surface area (Å²) in [5, 5.41) is 0.475. The van der Waals surface area contributed by atoms with E-state index in [1.54, 1.807) is 24.3 Å². The number of halogens is 1. The van der Waals surface area contributed by atoms with Gasteiger partial charge in [-0.1, -0.05) is 35.6 Å². The van der Waals surface area contributed by atoms with Crippen molar-refractivity contribution in [3.63, 3.8) is 0 Å². The molecule has 0 atom stereocenters. The number of sulfonamides is 1. The zero-order valence-electron chi connectivity index (χ0n) is 11.0. The fraction of sp³-hybridized carbons (Fsp3) is 0.0667. The first-order chi connectivity index (χ1) is 10.0. The van der Waals surface area contributed by atoms with Crippen LogP contribution in [-0.2, 0) is 10.0 Å². The molecule has 0 saturated carbocycles. The fourth-order valence-corrected chi connectivity index (χ4v) is 2.85. The summed E-state index contributed by atoms with van der Waals surface area (Å²) in [6, 6.07) is 12.8. The molecular formula is C15H13ClN2O2S. The lowest BCUT2D eigenvalue weighted by Crippen LogP contribution is -2.13. The third-order valence-electron chi connectivity index (χ3n) is 2.62. The Morgan fingerprint density at radius 1 is 1.10 bits per heavy atom. The lowest BCUT2D eigenvalue weighted by molar-refractivity contribution is 0.601. The second-order valence-electron chi connectivity index (χ2n) is 4.11. The molecule has 2 aromatic carbocycles. The number of anilines is 1. The minimum atomic E-state index is -3.69. The molecular weight excluding hydrogens is 308 g/mol. The molecule has 0 aliphatic carbocycles. The number of para-hydroxylation sites is 1. The molecule has 0 spiro atoms. The molecule has 0 saturated heterocycles. The molecule has 0 heterocycles. The first-order valence-electron chi connectivity index (χ1n) is 6.09. The first kappa shape index (κ1) is 15.4. The van der Waals surface area contributed by atoms with Crippen LogP contribution in [-0.4, -0.2) is 15.0 Å². The van der Waals surface area contributed by atoms with E-state index >= 15 is 0 Å². The Labute approximate surface area is 129 Å². The number of nitrogens with two attached hydrogens (primary N) is 1. The van der Waals surface area contributed by atoms with E-state index in [-0.39, 0.29) is 11.4 Å². The molecule has 0 aliphatic rings. The molecule has 0 radical (unpaired) electrons. The summed E-state index contributed by atoms with van der Waals surface area (Å²) in [6.07, 6.45) is 0. The SMILES string of the molecule is NCC#Cc1ccccc1NS(=O)(=O)c1ccc(Cl)cc1. The standard InChI is InChI=1S/C15H13ClN2O2S/c16-13-7-9-14(10-8-13)21(19,20)18-15-6-2-1-4-12(15)5-3-11-17/h1-2,4,6-10,18H,11,17H2. The van der Waals surface area contributed by atoms with Crippen molar-refractivity contribution in [3.8, 4) is 11.8 Å². The summed E-state index contributed by atoms with van der Waals surface area (Å²) in [5.74, 6) is 5.54.